The molecular weight excluding hydrogens is 404 g/mol. The zero-order valence-corrected chi connectivity index (χ0v) is 17.9. The number of urea groups is 1. The lowest BCUT2D eigenvalue weighted by Crippen LogP contribution is -2.45. The lowest BCUT2D eigenvalue weighted by molar-refractivity contribution is 0.102. The van der Waals surface area contributed by atoms with Crippen molar-refractivity contribution in [2.75, 3.05) is 7.11 Å². The van der Waals surface area contributed by atoms with Gasteiger partial charge in [-0.25, -0.2) is 4.79 Å². The zero-order chi connectivity index (χ0) is 22.5. The molecular formula is C26H24N2O4. The van der Waals surface area contributed by atoms with Crippen LogP contribution < -0.4 is 20.1 Å². The molecule has 0 bridgehead atoms. The second-order valence-electron chi connectivity index (χ2n) is 7.45. The van der Waals surface area contributed by atoms with Gasteiger partial charge < -0.3 is 20.1 Å². The van der Waals surface area contributed by atoms with E-state index in [0.717, 1.165) is 11.1 Å². The van der Waals surface area contributed by atoms with Crippen LogP contribution in [0.15, 0.2) is 90.1 Å². The summed E-state index contributed by atoms with van der Waals surface area (Å²) in [5, 5.41) is 5.58. The third-order valence-corrected chi connectivity index (χ3v) is 5.31. The van der Waals surface area contributed by atoms with E-state index in [1.165, 1.54) is 0 Å². The predicted octanol–water partition coefficient (Wildman–Crippen LogP) is 4.79. The summed E-state index contributed by atoms with van der Waals surface area (Å²) in [7, 11) is 1.56. The average molecular weight is 428 g/mol. The normalized spacial score (nSPS) is 15.6. The van der Waals surface area contributed by atoms with Gasteiger partial charge in [-0.05, 0) is 30.2 Å². The van der Waals surface area contributed by atoms with Gasteiger partial charge in [0, 0.05) is 16.8 Å². The third kappa shape index (κ3) is 4.49. The first-order valence-corrected chi connectivity index (χ1v) is 10.3. The Kier molecular flexibility index (Phi) is 6.22. The minimum absolute atomic E-state index is 0.149. The van der Waals surface area contributed by atoms with Crippen LogP contribution in [-0.2, 0) is 6.61 Å². The first kappa shape index (κ1) is 21.2. The molecule has 4 rings (SSSR count). The second-order valence-corrected chi connectivity index (χ2v) is 7.45. The summed E-state index contributed by atoms with van der Waals surface area (Å²) in [5.41, 5.74) is 3.33. The van der Waals surface area contributed by atoms with Crippen molar-refractivity contribution in [1.29, 1.82) is 0 Å². The summed E-state index contributed by atoms with van der Waals surface area (Å²) in [6.07, 6.45) is 0. The first-order chi connectivity index (χ1) is 15.6. The van der Waals surface area contributed by atoms with Crippen molar-refractivity contribution in [3.63, 3.8) is 0 Å². The summed E-state index contributed by atoms with van der Waals surface area (Å²) in [5.74, 6) is 0.955. The molecule has 32 heavy (non-hydrogen) atoms. The molecule has 3 aromatic carbocycles. The molecule has 1 atom stereocenters. The third-order valence-electron chi connectivity index (χ3n) is 5.31. The van der Waals surface area contributed by atoms with Crippen molar-refractivity contribution in [2.45, 2.75) is 19.6 Å². The quantitative estimate of drug-likeness (QED) is 0.531. The Morgan fingerprint density at radius 2 is 1.62 bits per heavy atom. The van der Waals surface area contributed by atoms with Crippen LogP contribution in [0.3, 0.4) is 0 Å². The van der Waals surface area contributed by atoms with Crippen LogP contribution in [0.1, 0.15) is 34.5 Å². The van der Waals surface area contributed by atoms with Gasteiger partial charge in [0.2, 0.25) is 0 Å². The van der Waals surface area contributed by atoms with Crippen molar-refractivity contribution in [1.82, 2.24) is 10.6 Å². The van der Waals surface area contributed by atoms with Crippen molar-refractivity contribution < 1.29 is 19.1 Å². The van der Waals surface area contributed by atoms with E-state index >= 15 is 0 Å². The number of ketones is 1. The zero-order valence-electron chi connectivity index (χ0n) is 17.9. The lowest BCUT2D eigenvalue weighted by atomic mass is 9.89. The monoisotopic (exact) mass is 428 g/mol. The summed E-state index contributed by atoms with van der Waals surface area (Å²) < 4.78 is 11.5. The number of hydrogen-bond acceptors (Lipinski definition) is 4. The van der Waals surface area contributed by atoms with Crippen LogP contribution in [0, 0.1) is 0 Å². The number of amides is 2. The number of rotatable bonds is 7. The second kappa shape index (κ2) is 9.39. The van der Waals surface area contributed by atoms with Gasteiger partial charge in [0.25, 0.3) is 0 Å². The maximum Gasteiger partial charge on any atom is 0.319 e. The van der Waals surface area contributed by atoms with E-state index in [1.807, 2.05) is 54.6 Å². The molecule has 1 aliphatic rings. The topological polar surface area (TPSA) is 76.7 Å². The standard InChI is InChI=1S/C26H24N2O4/c1-17-23(25(29)19-11-7-4-8-12-19)24(28-26(30)27-17)20-13-14-21(22(15-20)31-2)32-16-18-9-5-3-6-10-18/h3-15,24H,16H2,1-2H3,(H2,27,28,30). The fourth-order valence-corrected chi connectivity index (χ4v) is 3.71. The Labute approximate surface area is 186 Å². The van der Waals surface area contributed by atoms with E-state index in [2.05, 4.69) is 10.6 Å². The number of benzene rings is 3. The first-order valence-electron chi connectivity index (χ1n) is 10.3. The number of nitrogens with one attached hydrogen (secondary N) is 2. The molecule has 1 unspecified atom stereocenters. The molecule has 0 saturated carbocycles. The molecule has 1 heterocycles. The highest BCUT2D eigenvalue weighted by Crippen LogP contribution is 2.35. The van der Waals surface area contributed by atoms with Crippen LogP contribution in [0.25, 0.3) is 0 Å². The summed E-state index contributed by atoms with van der Waals surface area (Å²) in [6.45, 7) is 2.13. The molecule has 0 aliphatic carbocycles. The number of Topliss-reactive ketones (excluding diaryl/α,β-unsaturated/α-hetero) is 1. The van der Waals surface area contributed by atoms with Crippen LogP contribution in [-0.4, -0.2) is 18.9 Å². The van der Waals surface area contributed by atoms with Gasteiger partial charge in [0.15, 0.2) is 17.3 Å². The Morgan fingerprint density at radius 1 is 0.938 bits per heavy atom. The fourth-order valence-electron chi connectivity index (χ4n) is 3.71. The largest absolute Gasteiger partial charge is 0.493 e. The smallest absolute Gasteiger partial charge is 0.319 e. The Morgan fingerprint density at radius 3 is 2.31 bits per heavy atom. The maximum absolute atomic E-state index is 13.3. The van der Waals surface area contributed by atoms with Crippen molar-refractivity contribution in [3.8, 4) is 11.5 Å². The summed E-state index contributed by atoms with van der Waals surface area (Å²) in [4.78, 5) is 25.5. The molecule has 0 radical (unpaired) electrons. The Hall–Kier alpha value is -4.06. The molecule has 6 heteroatoms. The molecule has 2 N–H and O–H groups in total. The van der Waals surface area contributed by atoms with E-state index in [4.69, 9.17) is 9.47 Å². The molecule has 0 fully saturated rings. The molecule has 6 nitrogen and oxygen atoms in total. The average Bonchev–Trinajstić information content (AvgIpc) is 2.83. The van der Waals surface area contributed by atoms with Gasteiger partial charge in [-0.1, -0.05) is 66.7 Å². The molecule has 162 valence electrons. The molecule has 1 aliphatic heterocycles. The van der Waals surface area contributed by atoms with Gasteiger partial charge in [-0.3, -0.25) is 4.79 Å². The molecule has 0 saturated heterocycles. The summed E-state index contributed by atoms with van der Waals surface area (Å²) >= 11 is 0. The van der Waals surface area contributed by atoms with Gasteiger partial charge in [0.1, 0.15) is 6.61 Å². The highest BCUT2D eigenvalue weighted by Gasteiger charge is 2.32. The SMILES string of the molecule is COc1cc(C2NC(=O)NC(C)=C2C(=O)c2ccccc2)ccc1OCc1ccccc1. The number of ether oxygens (including phenoxy) is 2. The minimum Gasteiger partial charge on any atom is -0.493 e. The maximum atomic E-state index is 13.3. The minimum atomic E-state index is -0.617. The molecule has 0 spiro atoms. The van der Waals surface area contributed by atoms with Crippen LogP contribution in [0.2, 0.25) is 0 Å². The van der Waals surface area contributed by atoms with Crippen molar-refractivity contribution >= 4 is 11.8 Å². The number of hydrogen-bond donors (Lipinski definition) is 2. The number of carbonyl (C=O) groups excluding carboxylic acids is 2. The number of carbonyl (C=O) groups is 2. The fraction of sp³-hybridized carbons (Fsp3) is 0.154. The van der Waals surface area contributed by atoms with Crippen LogP contribution >= 0.6 is 0 Å². The van der Waals surface area contributed by atoms with Gasteiger partial charge >= 0.3 is 6.03 Å². The Balaban J connectivity index is 1.65. The van der Waals surface area contributed by atoms with Crippen LogP contribution in [0.4, 0.5) is 4.79 Å². The van der Waals surface area contributed by atoms with Gasteiger partial charge in [-0.15, -0.1) is 0 Å². The predicted molar refractivity (Wildman–Crippen MR) is 122 cm³/mol. The highest BCUT2D eigenvalue weighted by molar-refractivity contribution is 6.11. The van der Waals surface area contributed by atoms with E-state index in [1.54, 1.807) is 38.3 Å². The van der Waals surface area contributed by atoms with E-state index in [-0.39, 0.29) is 11.8 Å². The van der Waals surface area contributed by atoms with E-state index < -0.39 is 6.04 Å². The van der Waals surface area contributed by atoms with Gasteiger partial charge in [-0.2, -0.15) is 0 Å². The Bertz CT molecular complexity index is 1160. The van der Waals surface area contributed by atoms with E-state index in [0.29, 0.717) is 34.9 Å². The number of allylic oxidation sites excluding steroid dienone is 1. The lowest BCUT2D eigenvalue weighted by Gasteiger charge is -2.29. The van der Waals surface area contributed by atoms with Crippen LogP contribution in [0.5, 0.6) is 11.5 Å². The van der Waals surface area contributed by atoms with Gasteiger partial charge in [0.05, 0.1) is 13.2 Å². The summed E-state index contributed by atoms with van der Waals surface area (Å²) in [6, 6.07) is 23.3. The number of methoxy groups -OCH3 is 1. The molecule has 2 amide bonds. The van der Waals surface area contributed by atoms with Crippen molar-refractivity contribution in [2.24, 2.45) is 0 Å². The molecule has 3 aromatic rings. The highest BCUT2D eigenvalue weighted by atomic mass is 16.5. The molecule has 0 aromatic heterocycles. The van der Waals surface area contributed by atoms with E-state index in [9.17, 15) is 9.59 Å². The van der Waals surface area contributed by atoms with Crippen molar-refractivity contribution in [3.05, 3.63) is 107 Å².